The molecule has 1 aromatic heterocycles. The molecular formula is C14H16N2O. The number of aromatic nitrogens is 1. The van der Waals surface area contributed by atoms with Crippen LogP contribution in [0.5, 0.6) is 0 Å². The number of hydrogen-bond acceptors (Lipinski definition) is 3. The summed E-state index contributed by atoms with van der Waals surface area (Å²) in [5, 5.41) is 7.64. The summed E-state index contributed by atoms with van der Waals surface area (Å²) < 4.78 is 5.20. The van der Waals surface area contributed by atoms with Crippen LogP contribution in [0.4, 0.5) is 0 Å². The summed E-state index contributed by atoms with van der Waals surface area (Å²) in [5.41, 5.74) is 3.83. The molecule has 1 aliphatic rings. The highest BCUT2D eigenvalue weighted by atomic mass is 16.5. The van der Waals surface area contributed by atoms with Gasteiger partial charge in [0.05, 0.1) is 5.69 Å². The Morgan fingerprint density at radius 1 is 1.35 bits per heavy atom. The first-order valence-corrected chi connectivity index (χ1v) is 6.06. The molecule has 3 nitrogen and oxygen atoms in total. The van der Waals surface area contributed by atoms with Gasteiger partial charge < -0.3 is 9.84 Å². The van der Waals surface area contributed by atoms with Crippen LogP contribution in [0, 0.1) is 6.92 Å². The first-order chi connectivity index (χ1) is 8.34. The summed E-state index contributed by atoms with van der Waals surface area (Å²) in [6.45, 7) is 3.90. The highest BCUT2D eigenvalue weighted by Crippen LogP contribution is 2.28. The lowest BCUT2D eigenvalue weighted by Gasteiger charge is -2.14. The molecule has 1 unspecified atom stereocenters. The first kappa shape index (κ1) is 10.5. The largest absolute Gasteiger partial charge is 0.361 e. The Balaban J connectivity index is 2.05. The van der Waals surface area contributed by atoms with Crippen molar-refractivity contribution in [3.63, 3.8) is 0 Å². The monoisotopic (exact) mass is 228 g/mol. The van der Waals surface area contributed by atoms with E-state index in [-0.39, 0.29) is 0 Å². The van der Waals surface area contributed by atoms with Crippen molar-refractivity contribution in [3.8, 4) is 0 Å². The maximum atomic E-state index is 5.20. The Morgan fingerprint density at radius 2 is 2.24 bits per heavy atom. The quantitative estimate of drug-likeness (QED) is 0.813. The van der Waals surface area contributed by atoms with E-state index in [9.17, 15) is 0 Å². The summed E-state index contributed by atoms with van der Waals surface area (Å²) in [6, 6.07) is 10.7. The molecule has 1 atom stereocenters. The minimum Gasteiger partial charge on any atom is -0.361 e. The molecule has 0 fully saturated rings. The second-order valence-corrected chi connectivity index (χ2v) is 4.57. The minimum atomic E-state index is 0.311. The van der Waals surface area contributed by atoms with E-state index in [0.29, 0.717) is 5.92 Å². The van der Waals surface area contributed by atoms with Gasteiger partial charge in [0.2, 0.25) is 0 Å². The predicted molar refractivity (Wildman–Crippen MR) is 66.1 cm³/mol. The van der Waals surface area contributed by atoms with E-state index in [4.69, 9.17) is 4.52 Å². The highest BCUT2D eigenvalue weighted by molar-refractivity contribution is 5.37. The van der Waals surface area contributed by atoms with Gasteiger partial charge in [0.15, 0.2) is 0 Å². The van der Waals surface area contributed by atoms with E-state index in [1.54, 1.807) is 0 Å². The van der Waals surface area contributed by atoms with Gasteiger partial charge in [-0.25, -0.2) is 0 Å². The predicted octanol–water partition coefficient (Wildman–Crippen LogP) is 2.26. The van der Waals surface area contributed by atoms with Gasteiger partial charge in [0.25, 0.3) is 0 Å². The molecule has 0 aliphatic carbocycles. The maximum Gasteiger partial charge on any atom is 0.133 e. The van der Waals surface area contributed by atoms with E-state index in [2.05, 4.69) is 34.7 Å². The molecule has 1 aliphatic heterocycles. The van der Waals surface area contributed by atoms with Crippen molar-refractivity contribution in [2.75, 3.05) is 13.1 Å². The van der Waals surface area contributed by atoms with Crippen molar-refractivity contribution in [2.45, 2.75) is 19.3 Å². The van der Waals surface area contributed by atoms with Crippen LogP contribution in [0.3, 0.4) is 0 Å². The Hall–Kier alpha value is -1.61. The van der Waals surface area contributed by atoms with Crippen molar-refractivity contribution >= 4 is 0 Å². The van der Waals surface area contributed by atoms with Gasteiger partial charge >= 0.3 is 0 Å². The SMILES string of the molecule is Cc1cc(C2CNCCc3ccccc32)no1. The van der Waals surface area contributed by atoms with Gasteiger partial charge in [-0.05, 0) is 31.0 Å². The molecular weight excluding hydrogens is 212 g/mol. The maximum absolute atomic E-state index is 5.20. The van der Waals surface area contributed by atoms with Crippen LogP contribution in [0.25, 0.3) is 0 Å². The second kappa shape index (κ2) is 4.34. The molecule has 1 N–H and O–H groups in total. The van der Waals surface area contributed by atoms with Crippen LogP contribution in [0.2, 0.25) is 0 Å². The lowest BCUT2D eigenvalue weighted by Crippen LogP contribution is -2.21. The van der Waals surface area contributed by atoms with Crippen LogP contribution < -0.4 is 5.32 Å². The molecule has 17 heavy (non-hydrogen) atoms. The fourth-order valence-corrected chi connectivity index (χ4v) is 2.49. The Labute approximate surface area is 101 Å². The van der Waals surface area contributed by atoms with Crippen LogP contribution in [-0.2, 0) is 6.42 Å². The molecule has 3 rings (SSSR count). The molecule has 0 bridgehead atoms. The Morgan fingerprint density at radius 3 is 3.06 bits per heavy atom. The summed E-state index contributed by atoms with van der Waals surface area (Å²) in [5.74, 6) is 1.19. The fourth-order valence-electron chi connectivity index (χ4n) is 2.49. The van der Waals surface area contributed by atoms with E-state index < -0.39 is 0 Å². The average Bonchev–Trinajstić information content (AvgIpc) is 2.66. The molecule has 0 spiro atoms. The second-order valence-electron chi connectivity index (χ2n) is 4.57. The summed E-state index contributed by atoms with van der Waals surface area (Å²) in [7, 11) is 0. The van der Waals surface area contributed by atoms with Crippen molar-refractivity contribution in [3.05, 3.63) is 52.9 Å². The van der Waals surface area contributed by atoms with Crippen molar-refractivity contribution < 1.29 is 4.52 Å². The molecule has 0 saturated carbocycles. The van der Waals surface area contributed by atoms with E-state index in [1.165, 1.54) is 11.1 Å². The third-order valence-electron chi connectivity index (χ3n) is 3.35. The minimum absolute atomic E-state index is 0.311. The van der Waals surface area contributed by atoms with Crippen molar-refractivity contribution in [2.24, 2.45) is 0 Å². The van der Waals surface area contributed by atoms with Crippen molar-refractivity contribution in [1.29, 1.82) is 0 Å². The highest BCUT2D eigenvalue weighted by Gasteiger charge is 2.22. The molecule has 0 amide bonds. The molecule has 88 valence electrons. The van der Waals surface area contributed by atoms with E-state index >= 15 is 0 Å². The van der Waals surface area contributed by atoms with Gasteiger partial charge in [-0.1, -0.05) is 29.4 Å². The fraction of sp³-hybridized carbons (Fsp3) is 0.357. The standard InChI is InChI=1S/C14H16N2O/c1-10-8-14(16-17-10)13-9-15-7-6-11-4-2-3-5-12(11)13/h2-5,8,13,15H,6-7,9H2,1H3. The zero-order valence-corrected chi connectivity index (χ0v) is 9.94. The van der Waals surface area contributed by atoms with Crippen LogP contribution in [0.15, 0.2) is 34.9 Å². The molecule has 3 heteroatoms. The normalized spacial score (nSPS) is 19.7. The van der Waals surface area contributed by atoms with E-state index in [1.807, 2.05) is 13.0 Å². The van der Waals surface area contributed by atoms with Crippen LogP contribution >= 0.6 is 0 Å². The van der Waals surface area contributed by atoms with Gasteiger partial charge in [0, 0.05) is 18.5 Å². The Kier molecular flexibility index (Phi) is 2.69. The molecule has 2 heterocycles. The summed E-state index contributed by atoms with van der Waals surface area (Å²) >= 11 is 0. The van der Waals surface area contributed by atoms with Gasteiger partial charge in [-0.15, -0.1) is 0 Å². The lowest BCUT2D eigenvalue weighted by atomic mass is 9.91. The van der Waals surface area contributed by atoms with Crippen molar-refractivity contribution in [1.82, 2.24) is 10.5 Å². The zero-order chi connectivity index (χ0) is 11.7. The number of fused-ring (bicyclic) bond motifs is 1. The molecule has 0 radical (unpaired) electrons. The van der Waals surface area contributed by atoms with Crippen LogP contribution in [-0.4, -0.2) is 18.2 Å². The Bertz CT molecular complexity index is 518. The summed E-state index contributed by atoms with van der Waals surface area (Å²) in [6.07, 6.45) is 1.09. The number of benzene rings is 1. The smallest absolute Gasteiger partial charge is 0.133 e. The number of rotatable bonds is 1. The van der Waals surface area contributed by atoms with E-state index in [0.717, 1.165) is 31.0 Å². The van der Waals surface area contributed by atoms with Gasteiger partial charge in [-0.2, -0.15) is 0 Å². The average molecular weight is 228 g/mol. The number of hydrogen-bond donors (Lipinski definition) is 1. The summed E-state index contributed by atoms with van der Waals surface area (Å²) in [4.78, 5) is 0. The number of aryl methyl sites for hydroxylation is 1. The van der Waals surface area contributed by atoms with Gasteiger partial charge in [-0.3, -0.25) is 0 Å². The molecule has 0 saturated heterocycles. The van der Waals surface area contributed by atoms with Crippen LogP contribution in [0.1, 0.15) is 28.5 Å². The molecule has 1 aromatic carbocycles. The van der Waals surface area contributed by atoms with Gasteiger partial charge in [0.1, 0.15) is 5.76 Å². The lowest BCUT2D eigenvalue weighted by molar-refractivity contribution is 0.387. The topological polar surface area (TPSA) is 38.1 Å². The third kappa shape index (κ3) is 1.98. The zero-order valence-electron chi connectivity index (χ0n) is 9.94. The number of nitrogens with zero attached hydrogens (tertiary/aromatic N) is 1. The number of nitrogens with one attached hydrogen (secondary N) is 1. The third-order valence-corrected chi connectivity index (χ3v) is 3.35. The first-order valence-electron chi connectivity index (χ1n) is 6.06. The molecule has 2 aromatic rings.